The van der Waals surface area contributed by atoms with Crippen molar-refractivity contribution in [2.24, 2.45) is 10.8 Å². The fourth-order valence-electron chi connectivity index (χ4n) is 1.53. The third kappa shape index (κ3) is 0.954. The van der Waals surface area contributed by atoms with E-state index in [0.717, 1.165) is 0 Å². The first-order chi connectivity index (χ1) is 4.94. The molecule has 2 nitrogen and oxygen atoms in total. The van der Waals surface area contributed by atoms with Crippen LogP contribution in [0.1, 0.15) is 27.7 Å². The number of rotatable bonds is 0. The minimum Gasteiger partial charge on any atom is -0.375 e. The molecule has 2 atom stereocenters. The summed E-state index contributed by atoms with van der Waals surface area (Å²) in [5, 5.41) is 9.01. The predicted octanol–water partition coefficient (Wildman–Crippen LogP) is 1.96. The van der Waals surface area contributed by atoms with E-state index in [1.165, 1.54) is 0 Å². The van der Waals surface area contributed by atoms with Gasteiger partial charge < -0.3 is 4.74 Å². The summed E-state index contributed by atoms with van der Waals surface area (Å²) in [4.78, 5) is 0. The lowest BCUT2D eigenvalue weighted by atomic mass is 9.62. The Balaban J connectivity index is 2.88. The second-order valence-electron chi connectivity index (χ2n) is 4.29. The molecule has 0 aromatic rings. The third-order valence-corrected chi connectivity index (χ3v) is 2.79. The molecule has 0 aliphatic carbocycles. The molecule has 0 N–H and O–H groups in total. The molecule has 0 aromatic heterocycles. The van der Waals surface area contributed by atoms with Gasteiger partial charge in [-0.25, -0.2) is 0 Å². The van der Waals surface area contributed by atoms with E-state index in [0.29, 0.717) is 6.61 Å². The number of ether oxygens (including phenoxy) is 1. The maximum atomic E-state index is 9.01. The van der Waals surface area contributed by atoms with Crippen molar-refractivity contribution in [1.29, 1.82) is 5.26 Å². The number of hydrogen-bond acceptors (Lipinski definition) is 2. The predicted molar refractivity (Wildman–Crippen MR) is 42.9 cm³/mol. The molecule has 11 heavy (non-hydrogen) atoms. The van der Waals surface area contributed by atoms with E-state index < -0.39 is 0 Å². The van der Waals surface area contributed by atoms with Crippen molar-refractivity contribution in [3.05, 3.63) is 0 Å². The van der Waals surface area contributed by atoms with Gasteiger partial charge >= 0.3 is 0 Å². The lowest BCUT2D eigenvalue weighted by Crippen LogP contribution is -2.56. The molecule has 1 aliphatic heterocycles. The van der Waals surface area contributed by atoms with Gasteiger partial charge in [0.15, 0.2) is 0 Å². The van der Waals surface area contributed by atoms with Crippen molar-refractivity contribution < 1.29 is 4.74 Å². The van der Waals surface area contributed by atoms with Gasteiger partial charge in [-0.1, -0.05) is 20.8 Å². The highest BCUT2D eigenvalue weighted by atomic mass is 16.5. The smallest absolute Gasteiger partial charge is 0.111 e. The summed E-state index contributed by atoms with van der Waals surface area (Å²) >= 11 is 0. The molecule has 1 aliphatic rings. The van der Waals surface area contributed by atoms with Gasteiger partial charge in [0.1, 0.15) is 5.41 Å². The average Bonchev–Trinajstić information content (AvgIpc) is 1.84. The van der Waals surface area contributed by atoms with Gasteiger partial charge in [-0.15, -0.1) is 0 Å². The molecule has 0 saturated carbocycles. The second-order valence-corrected chi connectivity index (χ2v) is 4.29. The zero-order chi connectivity index (χ0) is 8.70. The Morgan fingerprint density at radius 1 is 1.55 bits per heavy atom. The Labute approximate surface area is 68.2 Å². The number of nitriles is 1. The van der Waals surface area contributed by atoms with Crippen LogP contribution in [-0.4, -0.2) is 12.7 Å². The molecule has 1 rings (SSSR count). The monoisotopic (exact) mass is 153 g/mol. The van der Waals surface area contributed by atoms with Crippen LogP contribution >= 0.6 is 0 Å². The molecule has 0 radical (unpaired) electrons. The average molecular weight is 153 g/mol. The maximum absolute atomic E-state index is 9.01. The summed E-state index contributed by atoms with van der Waals surface area (Å²) in [5.74, 6) is 0. The Bertz CT molecular complexity index is 199. The van der Waals surface area contributed by atoms with Crippen LogP contribution in [0.4, 0.5) is 0 Å². The van der Waals surface area contributed by atoms with E-state index in [2.05, 4.69) is 26.8 Å². The molecule has 0 amide bonds. The molecular formula is C9H15NO. The second kappa shape index (κ2) is 2.22. The van der Waals surface area contributed by atoms with Crippen molar-refractivity contribution >= 4 is 0 Å². The van der Waals surface area contributed by atoms with Gasteiger partial charge in [0.2, 0.25) is 0 Å². The largest absolute Gasteiger partial charge is 0.375 e. The number of nitrogens with zero attached hydrogens (tertiary/aromatic N) is 1. The normalized spacial score (nSPS) is 37.5. The van der Waals surface area contributed by atoms with E-state index >= 15 is 0 Å². The Morgan fingerprint density at radius 3 is 2.09 bits per heavy atom. The van der Waals surface area contributed by atoms with E-state index in [1.807, 2.05) is 6.92 Å². The van der Waals surface area contributed by atoms with Crippen LogP contribution in [0.25, 0.3) is 0 Å². The van der Waals surface area contributed by atoms with Gasteiger partial charge in [0.05, 0.1) is 18.8 Å². The van der Waals surface area contributed by atoms with Gasteiger partial charge in [-0.05, 0) is 12.3 Å². The Kier molecular flexibility index (Phi) is 1.72. The Hall–Kier alpha value is -0.550. The summed E-state index contributed by atoms with van der Waals surface area (Å²) in [6.07, 6.45) is 0.0903. The molecule has 1 fully saturated rings. The first kappa shape index (κ1) is 8.55. The summed E-state index contributed by atoms with van der Waals surface area (Å²) in [5.41, 5.74) is -0.230. The fraction of sp³-hybridized carbons (Fsp3) is 0.889. The van der Waals surface area contributed by atoms with Crippen LogP contribution in [0, 0.1) is 22.2 Å². The van der Waals surface area contributed by atoms with E-state index in [4.69, 9.17) is 10.00 Å². The minimum absolute atomic E-state index is 0.0272. The SMILES string of the molecule is C[C@H]1OC[C@]1(C#N)C(C)(C)C. The Morgan fingerprint density at radius 2 is 2.09 bits per heavy atom. The summed E-state index contributed by atoms with van der Waals surface area (Å²) in [6, 6.07) is 2.38. The molecular weight excluding hydrogens is 138 g/mol. The van der Waals surface area contributed by atoms with Crippen LogP contribution in [0.2, 0.25) is 0 Å². The first-order valence-electron chi connectivity index (χ1n) is 3.97. The van der Waals surface area contributed by atoms with Crippen molar-refractivity contribution in [2.75, 3.05) is 6.61 Å². The van der Waals surface area contributed by atoms with Crippen molar-refractivity contribution in [2.45, 2.75) is 33.8 Å². The topological polar surface area (TPSA) is 33.0 Å². The molecule has 0 aromatic carbocycles. The van der Waals surface area contributed by atoms with Gasteiger partial charge in [-0.3, -0.25) is 0 Å². The molecule has 1 heterocycles. The summed E-state index contributed by atoms with van der Waals surface area (Å²) < 4.78 is 5.24. The van der Waals surface area contributed by atoms with Crippen LogP contribution in [0.15, 0.2) is 0 Å². The summed E-state index contributed by atoms with van der Waals surface area (Å²) in [7, 11) is 0. The third-order valence-electron chi connectivity index (χ3n) is 2.79. The van der Waals surface area contributed by atoms with Crippen molar-refractivity contribution in [3.8, 4) is 6.07 Å². The highest BCUT2D eigenvalue weighted by Gasteiger charge is 2.54. The quantitative estimate of drug-likeness (QED) is 0.533. The standard InChI is InChI=1S/C9H15NO/c1-7-9(5-10,6-11-7)8(2,3)4/h7H,6H2,1-4H3/t7-,9+/m1/s1. The molecule has 0 spiro atoms. The highest BCUT2D eigenvalue weighted by molar-refractivity contribution is 5.14. The van der Waals surface area contributed by atoms with Gasteiger partial charge in [0, 0.05) is 0 Å². The van der Waals surface area contributed by atoms with Gasteiger partial charge in [-0.2, -0.15) is 5.26 Å². The first-order valence-corrected chi connectivity index (χ1v) is 3.97. The minimum atomic E-state index is -0.257. The molecule has 0 unspecified atom stereocenters. The molecule has 1 saturated heterocycles. The van der Waals surface area contributed by atoms with Crippen LogP contribution < -0.4 is 0 Å². The lowest BCUT2D eigenvalue weighted by Gasteiger charge is -2.50. The van der Waals surface area contributed by atoms with E-state index in [-0.39, 0.29) is 16.9 Å². The highest BCUT2D eigenvalue weighted by Crippen LogP contribution is 2.48. The lowest BCUT2D eigenvalue weighted by molar-refractivity contribution is -0.191. The molecule has 2 heteroatoms. The zero-order valence-corrected chi connectivity index (χ0v) is 7.64. The summed E-state index contributed by atoms with van der Waals surface area (Å²) in [6.45, 7) is 8.84. The number of hydrogen-bond donors (Lipinski definition) is 0. The van der Waals surface area contributed by atoms with E-state index in [1.54, 1.807) is 0 Å². The molecule has 0 bridgehead atoms. The van der Waals surface area contributed by atoms with Crippen molar-refractivity contribution in [1.82, 2.24) is 0 Å². The van der Waals surface area contributed by atoms with Crippen LogP contribution in [-0.2, 0) is 4.74 Å². The fourth-order valence-corrected chi connectivity index (χ4v) is 1.53. The van der Waals surface area contributed by atoms with E-state index in [9.17, 15) is 0 Å². The zero-order valence-electron chi connectivity index (χ0n) is 7.64. The van der Waals surface area contributed by atoms with Gasteiger partial charge in [0.25, 0.3) is 0 Å². The molecule has 62 valence electrons. The van der Waals surface area contributed by atoms with Crippen LogP contribution in [0.5, 0.6) is 0 Å². The van der Waals surface area contributed by atoms with Crippen molar-refractivity contribution in [3.63, 3.8) is 0 Å². The maximum Gasteiger partial charge on any atom is 0.111 e. The van der Waals surface area contributed by atoms with Crippen LogP contribution in [0.3, 0.4) is 0 Å².